The second kappa shape index (κ2) is 6.13. The summed E-state index contributed by atoms with van der Waals surface area (Å²) in [5, 5.41) is 0. The maximum absolute atomic E-state index is 5.27. The Hall–Kier alpha value is -1.76. The van der Waals surface area contributed by atoms with Gasteiger partial charge in [0.1, 0.15) is 5.75 Å². The van der Waals surface area contributed by atoms with E-state index in [0.29, 0.717) is 0 Å². The largest absolute Gasteiger partial charge is 0.497 e. The molecule has 106 valence electrons. The van der Waals surface area contributed by atoms with Crippen molar-refractivity contribution >= 4 is 0 Å². The van der Waals surface area contributed by atoms with Crippen LogP contribution in [0.2, 0.25) is 0 Å². The SMILES string of the molecule is CCC(CC)(c1ccc(OC)cc1)c1cccc(C)c1. The lowest BCUT2D eigenvalue weighted by Gasteiger charge is -2.33. The van der Waals surface area contributed by atoms with Crippen LogP contribution in [-0.4, -0.2) is 7.11 Å². The summed E-state index contributed by atoms with van der Waals surface area (Å²) >= 11 is 0. The van der Waals surface area contributed by atoms with Crippen molar-refractivity contribution < 1.29 is 4.74 Å². The quantitative estimate of drug-likeness (QED) is 0.732. The third-order valence-corrected chi connectivity index (χ3v) is 4.42. The Bertz CT molecular complexity index is 550. The molecule has 1 nitrogen and oxygen atoms in total. The van der Waals surface area contributed by atoms with Crippen molar-refractivity contribution in [2.24, 2.45) is 0 Å². The molecule has 20 heavy (non-hydrogen) atoms. The van der Waals surface area contributed by atoms with E-state index in [4.69, 9.17) is 4.74 Å². The summed E-state index contributed by atoms with van der Waals surface area (Å²) in [6.45, 7) is 6.71. The van der Waals surface area contributed by atoms with Crippen LogP contribution in [-0.2, 0) is 5.41 Å². The van der Waals surface area contributed by atoms with Crippen molar-refractivity contribution in [2.45, 2.75) is 39.0 Å². The van der Waals surface area contributed by atoms with Crippen molar-refractivity contribution in [1.82, 2.24) is 0 Å². The minimum atomic E-state index is 0.0955. The van der Waals surface area contributed by atoms with Crippen LogP contribution < -0.4 is 4.74 Å². The van der Waals surface area contributed by atoms with Gasteiger partial charge in [0.05, 0.1) is 7.11 Å². The zero-order valence-electron chi connectivity index (χ0n) is 12.9. The van der Waals surface area contributed by atoms with E-state index in [-0.39, 0.29) is 5.41 Å². The minimum Gasteiger partial charge on any atom is -0.497 e. The van der Waals surface area contributed by atoms with Crippen LogP contribution in [0.3, 0.4) is 0 Å². The molecule has 0 spiro atoms. The highest BCUT2D eigenvalue weighted by Crippen LogP contribution is 2.39. The zero-order valence-corrected chi connectivity index (χ0v) is 12.9. The number of benzene rings is 2. The Balaban J connectivity index is 2.53. The molecule has 0 radical (unpaired) electrons. The molecule has 1 heteroatoms. The Kier molecular flexibility index (Phi) is 4.49. The Morgan fingerprint density at radius 3 is 2.05 bits per heavy atom. The number of rotatable bonds is 5. The number of methoxy groups -OCH3 is 1. The maximum Gasteiger partial charge on any atom is 0.118 e. The second-order valence-electron chi connectivity index (χ2n) is 5.39. The summed E-state index contributed by atoms with van der Waals surface area (Å²) < 4.78 is 5.27. The summed E-state index contributed by atoms with van der Waals surface area (Å²) in [5.74, 6) is 0.916. The predicted molar refractivity (Wildman–Crippen MR) is 85.5 cm³/mol. The highest BCUT2D eigenvalue weighted by atomic mass is 16.5. The van der Waals surface area contributed by atoms with Crippen LogP contribution in [0, 0.1) is 6.92 Å². The van der Waals surface area contributed by atoms with E-state index in [1.807, 2.05) is 0 Å². The first-order valence-electron chi connectivity index (χ1n) is 7.38. The average molecular weight is 268 g/mol. The van der Waals surface area contributed by atoms with Crippen LogP contribution in [0.1, 0.15) is 43.4 Å². The maximum atomic E-state index is 5.27. The van der Waals surface area contributed by atoms with Gasteiger partial charge in [-0.15, -0.1) is 0 Å². The third kappa shape index (κ3) is 2.58. The van der Waals surface area contributed by atoms with Crippen molar-refractivity contribution in [3.05, 3.63) is 65.2 Å². The van der Waals surface area contributed by atoms with E-state index in [1.54, 1.807) is 7.11 Å². The molecule has 0 aliphatic heterocycles. The first-order valence-corrected chi connectivity index (χ1v) is 7.38. The normalized spacial score (nSPS) is 11.4. The molecule has 0 unspecified atom stereocenters. The lowest BCUT2D eigenvalue weighted by atomic mass is 9.70. The molecule has 0 fully saturated rings. The highest BCUT2D eigenvalue weighted by Gasteiger charge is 2.30. The second-order valence-corrected chi connectivity index (χ2v) is 5.39. The van der Waals surface area contributed by atoms with Gasteiger partial charge in [0.25, 0.3) is 0 Å². The van der Waals surface area contributed by atoms with Gasteiger partial charge in [0.15, 0.2) is 0 Å². The van der Waals surface area contributed by atoms with Gasteiger partial charge in [-0.05, 0) is 43.0 Å². The summed E-state index contributed by atoms with van der Waals surface area (Å²) in [4.78, 5) is 0. The Morgan fingerprint density at radius 2 is 1.55 bits per heavy atom. The summed E-state index contributed by atoms with van der Waals surface area (Å²) in [6.07, 6.45) is 2.19. The van der Waals surface area contributed by atoms with E-state index in [1.165, 1.54) is 16.7 Å². The van der Waals surface area contributed by atoms with Gasteiger partial charge in [0, 0.05) is 5.41 Å². The molecule has 0 saturated carbocycles. The molecule has 2 aromatic carbocycles. The number of hydrogen-bond donors (Lipinski definition) is 0. The van der Waals surface area contributed by atoms with Crippen LogP contribution in [0.5, 0.6) is 5.75 Å². The van der Waals surface area contributed by atoms with Gasteiger partial charge in [-0.1, -0.05) is 55.8 Å². The molecule has 0 heterocycles. The van der Waals surface area contributed by atoms with Gasteiger partial charge in [0.2, 0.25) is 0 Å². The van der Waals surface area contributed by atoms with E-state index in [2.05, 4.69) is 69.3 Å². The standard InChI is InChI=1S/C19H24O/c1-5-19(6-2,17-9-7-8-15(3)14-17)16-10-12-18(20-4)13-11-16/h7-14H,5-6H2,1-4H3. The van der Waals surface area contributed by atoms with Crippen LogP contribution in [0.15, 0.2) is 48.5 Å². The first kappa shape index (κ1) is 14.6. The average Bonchev–Trinajstić information content (AvgIpc) is 2.50. The van der Waals surface area contributed by atoms with Crippen molar-refractivity contribution in [3.8, 4) is 5.75 Å². The molecule has 0 saturated heterocycles. The molecule has 0 aliphatic rings. The molecular formula is C19H24O. The lowest BCUT2D eigenvalue weighted by Crippen LogP contribution is -2.26. The van der Waals surface area contributed by atoms with Gasteiger partial charge < -0.3 is 4.74 Å². The third-order valence-electron chi connectivity index (χ3n) is 4.42. The van der Waals surface area contributed by atoms with Crippen LogP contribution in [0.4, 0.5) is 0 Å². The molecule has 0 N–H and O–H groups in total. The van der Waals surface area contributed by atoms with Crippen molar-refractivity contribution in [1.29, 1.82) is 0 Å². The fourth-order valence-corrected chi connectivity index (χ4v) is 3.09. The molecule has 0 aromatic heterocycles. The lowest BCUT2D eigenvalue weighted by molar-refractivity contribution is 0.413. The van der Waals surface area contributed by atoms with Gasteiger partial charge in [-0.3, -0.25) is 0 Å². The Morgan fingerprint density at radius 1 is 0.900 bits per heavy atom. The molecule has 2 rings (SSSR count). The van der Waals surface area contributed by atoms with E-state index in [9.17, 15) is 0 Å². The number of aryl methyl sites for hydroxylation is 1. The van der Waals surface area contributed by atoms with E-state index >= 15 is 0 Å². The smallest absolute Gasteiger partial charge is 0.118 e. The number of ether oxygens (including phenoxy) is 1. The van der Waals surface area contributed by atoms with Crippen LogP contribution in [0.25, 0.3) is 0 Å². The summed E-state index contributed by atoms with van der Waals surface area (Å²) in [6, 6.07) is 17.4. The molecular weight excluding hydrogens is 244 g/mol. The molecule has 0 bridgehead atoms. The fourth-order valence-electron chi connectivity index (χ4n) is 3.09. The van der Waals surface area contributed by atoms with Gasteiger partial charge in [-0.25, -0.2) is 0 Å². The molecule has 0 amide bonds. The molecule has 2 aromatic rings. The summed E-state index contributed by atoms with van der Waals surface area (Å²) in [7, 11) is 1.71. The monoisotopic (exact) mass is 268 g/mol. The fraction of sp³-hybridized carbons (Fsp3) is 0.368. The van der Waals surface area contributed by atoms with Gasteiger partial charge in [-0.2, -0.15) is 0 Å². The van der Waals surface area contributed by atoms with Crippen molar-refractivity contribution in [2.75, 3.05) is 7.11 Å². The van der Waals surface area contributed by atoms with Crippen LogP contribution >= 0.6 is 0 Å². The highest BCUT2D eigenvalue weighted by molar-refractivity contribution is 5.42. The molecule has 0 aliphatic carbocycles. The zero-order chi connectivity index (χ0) is 14.6. The van der Waals surface area contributed by atoms with E-state index < -0.39 is 0 Å². The first-order chi connectivity index (χ1) is 9.66. The van der Waals surface area contributed by atoms with Gasteiger partial charge >= 0.3 is 0 Å². The molecule has 0 atom stereocenters. The number of hydrogen-bond acceptors (Lipinski definition) is 1. The topological polar surface area (TPSA) is 9.23 Å². The predicted octanol–water partition coefficient (Wildman–Crippen LogP) is 5.11. The minimum absolute atomic E-state index is 0.0955. The summed E-state index contributed by atoms with van der Waals surface area (Å²) in [5.41, 5.74) is 4.20. The Labute approximate surface area is 122 Å². The van der Waals surface area contributed by atoms with Crippen molar-refractivity contribution in [3.63, 3.8) is 0 Å². The van der Waals surface area contributed by atoms with E-state index in [0.717, 1.165) is 18.6 Å².